The standard InChI is InChI=1S/C16H15ClN2/c1-2-6-12-7-3-4-9-15(12)19-16-10-5-8-14(17)13(16)11-18/h3-5,7-10,19H,2,6H2,1H3. The first-order chi connectivity index (χ1) is 9.26. The van der Waals surface area contributed by atoms with Crippen LogP contribution in [0.15, 0.2) is 42.5 Å². The summed E-state index contributed by atoms with van der Waals surface area (Å²) in [5.41, 5.74) is 3.51. The van der Waals surface area contributed by atoms with Gasteiger partial charge in [0.2, 0.25) is 0 Å². The largest absolute Gasteiger partial charge is 0.354 e. The van der Waals surface area contributed by atoms with E-state index in [9.17, 15) is 5.26 Å². The monoisotopic (exact) mass is 270 g/mol. The highest BCUT2D eigenvalue weighted by Gasteiger charge is 2.08. The maximum Gasteiger partial charge on any atom is 0.103 e. The predicted octanol–water partition coefficient (Wildman–Crippen LogP) is 4.91. The Hall–Kier alpha value is -1.98. The molecule has 0 aliphatic carbocycles. The van der Waals surface area contributed by atoms with Gasteiger partial charge >= 0.3 is 0 Å². The molecule has 0 atom stereocenters. The summed E-state index contributed by atoms with van der Waals surface area (Å²) in [7, 11) is 0. The van der Waals surface area contributed by atoms with E-state index in [1.807, 2.05) is 30.3 Å². The minimum atomic E-state index is 0.473. The number of anilines is 2. The molecule has 2 nitrogen and oxygen atoms in total. The van der Waals surface area contributed by atoms with E-state index in [4.69, 9.17) is 11.6 Å². The number of halogens is 1. The van der Waals surface area contributed by atoms with Crippen LogP contribution in [-0.2, 0) is 6.42 Å². The molecule has 0 aliphatic rings. The van der Waals surface area contributed by atoms with Crippen molar-refractivity contribution in [3.8, 4) is 6.07 Å². The van der Waals surface area contributed by atoms with Gasteiger partial charge in [0, 0.05) is 5.69 Å². The second kappa shape index (κ2) is 6.26. The Kier molecular flexibility index (Phi) is 4.43. The lowest BCUT2D eigenvalue weighted by Crippen LogP contribution is -1.98. The summed E-state index contributed by atoms with van der Waals surface area (Å²) in [6.07, 6.45) is 2.09. The second-order valence-corrected chi connectivity index (χ2v) is 4.71. The molecular formula is C16H15ClN2. The van der Waals surface area contributed by atoms with Crippen LogP contribution in [-0.4, -0.2) is 0 Å². The van der Waals surface area contributed by atoms with Crippen LogP contribution in [0.4, 0.5) is 11.4 Å². The predicted molar refractivity (Wildman–Crippen MR) is 79.9 cm³/mol. The quantitative estimate of drug-likeness (QED) is 0.857. The summed E-state index contributed by atoms with van der Waals surface area (Å²) in [5.74, 6) is 0. The lowest BCUT2D eigenvalue weighted by molar-refractivity contribution is 0.923. The summed E-state index contributed by atoms with van der Waals surface area (Å²) in [4.78, 5) is 0. The van der Waals surface area contributed by atoms with Crippen molar-refractivity contribution in [3.05, 3.63) is 58.6 Å². The van der Waals surface area contributed by atoms with E-state index in [1.165, 1.54) is 5.56 Å². The second-order valence-electron chi connectivity index (χ2n) is 4.31. The Morgan fingerprint density at radius 1 is 1.11 bits per heavy atom. The molecule has 0 aliphatic heterocycles. The number of nitrogens with zero attached hydrogens (tertiary/aromatic N) is 1. The molecule has 0 bridgehead atoms. The Balaban J connectivity index is 2.37. The number of aryl methyl sites for hydroxylation is 1. The van der Waals surface area contributed by atoms with Gasteiger partial charge in [-0.3, -0.25) is 0 Å². The Morgan fingerprint density at radius 3 is 2.58 bits per heavy atom. The van der Waals surface area contributed by atoms with Gasteiger partial charge < -0.3 is 5.32 Å². The van der Waals surface area contributed by atoms with Crippen LogP contribution in [0, 0.1) is 11.3 Å². The average molecular weight is 271 g/mol. The van der Waals surface area contributed by atoms with E-state index < -0.39 is 0 Å². The molecule has 0 spiro atoms. The maximum absolute atomic E-state index is 9.18. The highest BCUT2D eigenvalue weighted by atomic mass is 35.5. The van der Waals surface area contributed by atoms with Gasteiger partial charge in [0.05, 0.1) is 16.3 Å². The van der Waals surface area contributed by atoms with Crippen LogP contribution in [0.1, 0.15) is 24.5 Å². The van der Waals surface area contributed by atoms with Crippen LogP contribution in [0.5, 0.6) is 0 Å². The fraction of sp³-hybridized carbons (Fsp3) is 0.188. The van der Waals surface area contributed by atoms with Crippen LogP contribution in [0.3, 0.4) is 0 Å². The molecule has 2 rings (SSSR count). The minimum absolute atomic E-state index is 0.473. The number of para-hydroxylation sites is 1. The van der Waals surface area contributed by atoms with E-state index in [2.05, 4.69) is 24.4 Å². The summed E-state index contributed by atoms with van der Waals surface area (Å²) < 4.78 is 0. The molecule has 0 amide bonds. The van der Waals surface area contributed by atoms with Crippen LogP contribution in [0.25, 0.3) is 0 Å². The van der Waals surface area contributed by atoms with Gasteiger partial charge in [0.15, 0.2) is 0 Å². The summed E-state index contributed by atoms with van der Waals surface area (Å²) >= 11 is 6.03. The average Bonchev–Trinajstić information content (AvgIpc) is 2.41. The van der Waals surface area contributed by atoms with E-state index in [0.717, 1.165) is 24.2 Å². The van der Waals surface area contributed by atoms with Gasteiger partial charge in [-0.15, -0.1) is 0 Å². The number of rotatable bonds is 4. The van der Waals surface area contributed by atoms with E-state index in [1.54, 1.807) is 6.07 Å². The van der Waals surface area contributed by atoms with Crippen LogP contribution in [0.2, 0.25) is 5.02 Å². The number of hydrogen-bond donors (Lipinski definition) is 1. The van der Waals surface area contributed by atoms with Crippen molar-refractivity contribution in [2.45, 2.75) is 19.8 Å². The molecule has 96 valence electrons. The zero-order chi connectivity index (χ0) is 13.7. The molecule has 2 aromatic carbocycles. The third-order valence-electron chi connectivity index (χ3n) is 2.93. The van der Waals surface area contributed by atoms with Crippen LogP contribution >= 0.6 is 11.6 Å². The maximum atomic E-state index is 9.18. The van der Waals surface area contributed by atoms with Gasteiger partial charge in [0.1, 0.15) is 6.07 Å². The van der Waals surface area contributed by atoms with Gasteiger partial charge in [0.25, 0.3) is 0 Å². The topological polar surface area (TPSA) is 35.8 Å². The molecule has 0 radical (unpaired) electrons. The highest BCUT2D eigenvalue weighted by Crippen LogP contribution is 2.28. The summed E-state index contributed by atoms with van der Waals surface area (Å²) in [5, 5.41) is 13.0. The number of hydrogen-bond acceptors (Lipinski definition) is 2. The number of nitrogens with one attached hydrogen (secondary N) is 1. The molecule has 3 heteroatoms. The molecular weight excluding hydrogens is 256 g/mol. The van der Waals surface area contributed by atoms with Crippen molar-refractivity contribution in [1.29, 1.82) is 5.26 Å². The number of nitriles is 1. The zero-order valence-corrected chi connectivity index (χ0v) is 11.5. The molecule has 2 aromatic rings. The van der Waals surface area contributed by atoms with E-state index in [0.29, 0.717) is 10.6 Å². The van der Waals surface area contributed by atoms with Gasteiger partial charge in [-0.2, -0.15) is 5.26 Å². The first-order valence-electron chi connectivity index (χ1n) is 6.29. The van der Waals surface area contributed by atoms with E-state index >= 15 is 0 Å². The zero-order valence-electron chi connectivity index (χ0n) is 10.8. The Bertz CT molecular complexity index is 614. The van der Waals surface area contributed by atoms with Crippen molar-refractivity contribution in [1.82, 2.24) is 0 Å². The first kappa shape index (κ1) is 13.5. The third kappa shape index (κ3) is 3.07. The molecule has 0 unspecified atom stereocenters. The normalized spacial score (nSPS) is 9.95. The molecule has 0 saturated carbocycles. The van der Waals surface area contributed by atoms with Gasteiger partial charge in [-0.05, 0) is 30.2 Å². The molecule has 0 saturated heterocycles. The number of benzene rings is 2. The smallest absolute Gasteiger partial charge is 0.103 e. The third-order valence-corrected chi connectivity index (χ3v) is 3.25. The molecule has 0 fully saturated rings. The molecule has 19 heavy (non-hydrogen) atoms. The minimum Gasteiger partial charge on any atom is -0.354 e. The lowest BCUT2D eigenvalue weighted by Gasteiger charge is -2.13. The summed E-state index contributed by atoms with van der Waals surface area (Å²) in [6, 6.07) is 15.7. The van der Waals surface area contributed by atoms with Crippen molar-refractivity contribution < 1.29 is 0 Å². The van der Waals surface area contributed by atoms with Crippen molar-refractivity contribution in [3.63, 3.8) is 0 Å². The van der Waals surface area contributed by atoms with Gasteiger partial charge in [-0.25, -0.2) is 0 Å². The van der Waals surface area contributed by atoms with Crippen LogP contribution < -0.4 is 5.32 Å². The first-order valence-corrected chi connectivity index (χ1v) is 6.67. The van der Waals surface area contributed by atoms with Gasteiger partial charge in [-0.1, -0.05) is 49.2 Å². The van der Waals surface area contributed by atoms with Crippen molar-refractivity contribution >= 4 is 23.0 Å². The Morgan fingerprint density at radius 2 is 1.84 bits per heavy atom. The molecule has 1 N–H and O–H groups in total. The SMILES string of the molecule is CCCc1ccccc1Nc1cccc(Cl)c1C#N. The Labute approximate surface area is 118 Å². The van der Waals surface area contributed by atoms with Crippen molar-refractivity contribution in [2.24, 2.45) is 0 Å². The summed E-state index contributed by atoms with van der Waals surface area (Å²) in [6.45, 7) is 2.15. The van der Waals surface area contributed by atoms with Crippen molar-refractivity contribution in [2.75, 3.05) is 5.32 Å². The highest BCUT2D eigenvalue weighted by molar-refractivity contribution is 6.32. The molecule has 0 aromatic heterocycles. The fourth-order valence-electron chi connectivity index (χ4n) is 2.02. The fourth-order valence-corrected chi connectivity index (χ4v) is 2.23. The molecule has 0 heterocycles. The van der Waals surface area contributed by atoms with E-state index in [-0.39, 0.29) is 0 Å². The lowest BCUT2D eigenvalue weighted by atomic mass is 10.1.